The Morgan fingerprint density at radius 1 is 1.21 bits per heavy atom. The van der Waals surface area contributed by atoms with E-state index in [2.05, 4.69) is 18.9 Å². The Balaban J connectivity index is 2.16. The van der Waals surface area contributed by atoms with Gasteiger partial charge in [-0.3, -0.25) is 4.79 Å². The zero-order valence-electron chi connectivity index (χ0n) is 11.7. The molecule has 0 fully saturated rings. The summed E-state index contributed by atoms with van der Waals surface area (Å²) < 4.78 is 1.85. The van der Waals surface area contributed by atoms with Crippen LogP contribution in [-0.2, 0) is 11.2 Å². The van der Waals surface area contributed by atoms with Gasteiger partial charge >= 0.3 is 0 Å². The first-order valence-electron chi connectivity index (χ1n) is 6.68. The molecule has 0 aliphatic carbocycles. The topological polar surface area (TPSA) is 34.9 Å². The van der Waals surface area contributed by atoms with Gasteiger partial charge in [0, 0.05) is 18.5 Å². The van der Waals surface area contributed by atoms with Gasteiger partial charge in [-0.15, -0.1) is 0 Å². The summed E-state index contributed by atoms with van der Waals surface area (Å²) in [5.41, 5.74) is 2.01. The smallest absolute Gasteiger partial charge is 0.133 e. The van der Waals surface area contributed by atoms with Crippen LogP contribution >= 0.6 is 0 Å². The molecule has 0 amide bonds. The third-order valence-corrected chi connectivity index (χ3v) is 3.42. The summed E-state index contributed by atoms with van der Waals surface area (Å²) in [4.78, 5) is 11.6. The molecule has 100 valence electrons. The van der Waals surface area contributed by atoms with E-state index in [0.29, 0.717) is 12.3 Å². The second kappa shape index (κ2) is 5.83. The minimum Gasteiger partial charge on any atom is -0.300 e. The molecule has 3 heteroatoms. The Morgan fingerprint density at radius 3 is 2.47 bits per heavy atom. The number of carbonyl (C=O) groups is 1. The van der Waals surface area contributed by atoms with Gasteiger partial charge < -0.3 is 0 Å². The summed E-state index contributed by atoms with van der Waals surface area (Å²) in [7, 11) is 0. The Morgan fingerprint density at radius 2 is 1.89 bits per heavy atom. The van der Waals surface area contributed by atoms with E-state index in [-0.39, 0.29) is 11.7 Å². The number of aromatic nitrogens is 2. The largest absolute Gasteiger partial charge is 0.300 e. The molecule has 0 aliphatic heterocycles. The summed E-state index contributed by atoms with van der Waals surface area (Å²) in [5.74, 6) is 0.641. The maximum atomic E-state index is 11.6. The molecule has 0 N–H and O–H groups in total. The van der Waals surface area contributed by atoms with Crippen molar-refractivity contribution in [3.05, 3.63) is 48.3 Å². The second-order valence-electron chi connectivity index (χ2n) is 5.25. The maximum Gasteiger partial charge on any atom is 0.133 e. The number of rotatable bonds is 5. The van der Waals surface area contributed by atoms with Crippen LogP contribution < -0.4 is 0 Å². The number of hydrogen-bond acceptors (Lipinski definition) is 2. The minimum atomic E-state index is 0.0547. The molecule has 0 radical (unpaired) electrons. The van der Waals surface area contributed by atoms with Gasteiger partial charge in [-0.25, -0.2) is 4.68 Å². The van der Waals surface area contributed by atoms with Crippen molar-refractivity contribution in [3.63, 3.8) is 0 Å². The Hall–Kier alpha value is -1.90. The van der Waals surface area contributed by atoms with Crippen LogP contribution in [0.25, 0.3) is 5.69 Å². The lowest BCUT2D eigenvalue weighted by Gasteiger charge is -2.16. The standard InChI is InChI=1S/C16H20N2O/c1-12(2)16(13(3)19)11-14-9-10-18(17-14)15-7-5-4-6-8-15/h4-10,12,16H,11H2,1-3H3. The normalized spacial score (nSPS) is 12.6. The summed E-state index contributed by atoms with van der Waals surface area (Å²) in [5, 5.41) is 4.55. The van der Waals surface area contributed by atoms with E-state index in [1.807, 2.05) is 47.3 Å². The van der Waals surface area contributed by atoms with E-state index in [4.69, 9.17) is 0 Å². The number of nitrogens with zero attached hydrogens (tertiary/aromatic N) is 2. The number of hydrogen-bond donors (Lipinski definition) is 0. The summed E-state index contributed by atoms with van der Waals surface area (Å²) in [6.07, 6.45) is 2.66. The number of para-hydroxylation sites is 1. The van der Waals surface area contributed by atoms with Crippen LogP contribution in [0.3, 0.4) is 0 Å². The lowest BCUT2D eigenvalue weighted by molar-refractivity contribution is -0.121. The van der Waals surface area contributed by atoms with E-state index in [0.717, 1.165) is 11.4 Å². The van der Waals surface area contributed by atoms with E-state index in [9.17, 15) is 4.79 Å². The van der Waals surface area contributed by atoms with Crippen LogP contribution in [0, 0.1) is 11.8 Å². The third-order valence-electron chi connectivity index (χ3n) is 3.42. The summed E-state index contributed by atoms with van der Waals surface area (Å²) in [6.45, 7) is 5.83. The van der Waals surface area contributed by atoms with Crippen LogP contribution in [0.5, 0.6) is 0 Å². The van der Waals surface area contributed by atoms with Gasteiger partial charge in [0.25, 0.3) is 0 Å². The minimum absolute atomic E-state index is 0.0547. The molecule has 1 aromatic carbocycles. The SMILES string of the molecule is CC(=O)C(Cc1ccn(-c2ccccc2)n1)C(C)C. The average molecular weight is 256 g/mol. The van der Waals surface area contributed by atoms with Crippen LogP contribution in [0.4, 0.5) is 0 Å². The van der Waals surface area contributed by atoms with Crippen molar-refractivity contribution >= 4 is 5.78 Å². The summed E-state index contributed by atoms with van der Waals surface area (Å²) >= 11 is 0. The van der Waals surface area contributed by atoms with Crippen molar-refractivity contribution in [2.24, 2.45) is 11.8 Å². The van der Waals surface area contributed by atoms with Gasteiger partial charge in [-0.2, -0.15) is 5.10 Å². The second-order valence-corrected chi connectivity index (χ2v) is 5.25. The molecule has 1 atom stereocenters. The van der Waals surface area contributed by atoms with Crippen LogP contribution in [0.15, 0.2) is 42.6 Å². The van der Waals surface area contributed by atoms with Crippen LogP contribution in [0.1, 0.15) is 26.5 Å². The predicted octanol–water partition coefficient (Wildman–Crippen LogP) is 3.28. The van der Waals surface area contributed by atoms with Crippen molar-refractivity contribution in [1.82, 2.24) is 9.78 Å². The molecule has 3 nitrogen and oxygen atoms in total. The molecular weight excluding hydrogens is 236 g/mol. The summed E-state index contributed by atoms with van der Waals surface area (Å²) in [6, 6.07) is 12.0. The highest BCUT2D eigenvalue weighted by Crippen LogP contribution is 2.18. The Labute approximate surface area is 114 Å². The molecular formula is C16H20N2O. The van der Waals surface area contributed by atoms with Gasteiger partial charge in [0.05, 0.1) is 11.4 Å². The van der Waals surface area contributed by atoms with Crippen molar-refractivity contribution in [1.29, 1.82) is 0 Å². The molecule has 1 unspecified atom stereocenters. The van der Waals surface area contributed by atoms with Crippen molar-refractivity contribution in [2.75, 3.05) is 0 Å². The molecule has 2 rings (SSSR count). The average Bonchev–Trinajstić information content (AvgIpc) is 2.85. The number of benzene rings is 1. The highest BCUT2D eigenvalue weighted by atomic mass is 16.1. The zero-order valence-corrected chi connectivity index (χ0v) is 11.7. The highest BCUT2D eigenvalue weighted by molar-refractivity contribution is 5.78. The lowest BCUT2D eigenvalue weighted by Crippen LogP contribution is -2.20. The third kappa shape index (κ3) is 3.31. The Bertz CT molecular complexity index is 543. The van der Waals surface area contributed by atoms with Gasteiger partial charge in [0.2, 0.25) is 0 Å². The Kier molecular flexibility index (Phi) is 4.15. The van der Waals surface area contributed by atoms with Gasteiger partial charge in [-0.1, -0.05) is 32.0 Å². The fourth-order valence-electron chi connectivity index (χ4n) is 2.27. The number of Topliss-reactive ketones (excluding diaryl/α,β-unsaturated/α-hetero) is 1. The highest BCUT2D eigenvalue weighted by Gasteiger charge is 2.20. The van der Waals surface area contributed by atoms with E-state index in [1.165, 1.54) is 0 Å². The molecule has 19 heavy (non-hydrogen) atoms. The van der Waals surface area contributed by atoms with E-state index in [1.54, 1.807) is 6.92 Å². The quantitative estimate of drug-likeness (QED) is 0.823. The monoisotopic (exact) mass is 256 g/mol. The molecule has 1 aromatic heterocycles. The molecule has 0 saturated carbocycles. The van der Waals surface area contributed by atoms with Crippen LogP contribution in [0.2, 0.25) is 0 Å². The van der Waals surface area contributed by atoms with Gasteiger partial charge in [0.1, 0.15) is 5.78 Å². The lowest BCUT2D eigenvalue weighted by atomic mass is 9.88. The van der Waals surface area contributed by atoms with Crippen molar-refractivity contribution in [2.45, 2.75) is 27.2 Å². The zero-order chi connectivity index (χ0) is 13.8. The fourth-order valence-corrected chi connectivity index (χ4v) is 2.27. The first-order chi connectivity index (χ1) is 9.08. The molecule has 1 heterocycles. The molecule has 2 aromatic rings. The van der Waals surface area contributed by atoms with Gasteiger partial charge in [-0.05, 0) is 31.0 Å². The molecule has 0 spiro atoms. The number of carbonyl (C=O) groups excluding carboxylic acids is 1. The fraction of sp³-hybridized carbons (Fsp3) is 0.375. The van der Waals surface area contributed by atoms with E-state index >= 15 is 0 Å². The van der Waals surface area contributed by atoms with Gasteiger partial charge in [0.15, 0.2) is 0 Å². The predicted molar refractivity (Wildman–Crippen MR) is 76.3 cm³/mol. The van der Waals surface area contributed by atoms with Crippen molar-refractivity contribution in [3.8, 4) is 5.69 Å². The molecule has 0 saturated heterocycles. The van der Waals surface area contributed by atoms with E-state index < -0.39 is 0 Å². The molecule has 0 aliphatic rings. The van der Waals surface area contributed by atoms with Crippen LogP contribution in [-0.4, -0.2) is 15.6 Å². The first-order valence-corrected chi connectivity index (χ1v) is 6.68. The number of ketones is 1. The first kappa shape index (κ1) is 13.5. The van der Waals surface area contributed by atoms with Crippen molar-refractivity contribution < 1.29 is 4.79 Å². The maximum absolute atomic E-state index is 11.6. The molecule has 0 bridgehead atoms.